The molecule has 0 radical (unpaired) electrons. The van der Waals surface area contributed by atoms with E-state index in [-0.39, 0.29) is 11.8 Å². The normalized spacial score (nSPS) is 18.5. The standard InChI is InChI=1S/C21H25N3O2/c25-20(23-10-3-4-11-23)16-22-12-14-24(15-13-22)21(26)19-9-5-7-17-6-1-2-8-18(17)19/h1-2,5-9H,3-4,10-16H2. The van der Waals surface area contributed by atoms with Crippen LogP contribution in [0.15, 0.2) is 42.5 Å². The van der Waals surface area contributed by atoms with E-state index in [9.17, 15) is 9.59 Å². The average Bonchev–Trinajstić information content (AvgIpc) is 3.23. The predicted molar refractivity (Wildman–Crippen MR) is 102 cm³/mol. The Balaban J connectivity index is 1.38. The molecule has 4 rings (SSSR count). The van der Waals surface area contributed by atoms with E-state index in [2.05, 4.69) is 4.90 Å². The van der Waals surface area contributed by atoms with E-state index in [1.165, 1.54) is 0 Å². The summed E-state index contributed by atoms with van der Waals surface area (Å²) in [6.07, 6.45) is 2.25. The minimum atomic E-state index is 0.0901. The van der Waals surface area contributed by atoms with Crippen LogP contribution in [0.3, 0.4) is 0 Å². The van der Waals surface area contributed by atoms with Gasteiger partial charge < -0.3 is 9.80 Å². The van der Waals surface area contributed by atoms with Crippen LogP contribution in [0.2, 0.25) is 0 Å². The monoisotopic (exact) mass is 351 g/mol. The molecule has 2 aromatic carbocycles. The minimum Gasteiger partial charge on any atom is -0.342 e. The molecule has 0 N–H and O–H groups in total. The van der Waals surface area contributed by atoms with Crippen LogP contribution in [0.5, 0.6) is 0 Å². The van der Waals surface area contributed by atoms with Crippen molar-refractivity contribution in [1.82, 2.24) is 14.7 Å². The van der Waals surface area contributed by atoms with Crippen LogP contribution in [0.1, 0.15) is 23.2 Å². The molecule has 0 saturated carbocycles. The number of nitrogens with zero attached hydrogens (tertiary/aromatic N) is 3. The largest absolute Gasteiger partial charge is 0.342 e. The minimum absolute atomic E-state index is 0.0901. The van der Waals surface area contributed by atoms with Crippen molar-refractivity contribution in [3.63, 3.8) is 0 Å². The quantitative estimate of drug-likeness (QED) is 0.852. The summed E-state index contributed by atoms with van der Waals surface area (Å²) >= 11 is 0. The molecule has 0 spiro atoms. The Morgan fingerprint density at radius 3 is 2.23 bits per heavy atom. The highest BCUT2D eigenvalue weighted by atomic mass is 16.2. The van der Waals surface area contributed by atoms with Crippen molar-refractivity contribution in [1.29, 1.82) is 0 Å². The highest BCUT2D eigenvalue weighted by molar-refractivity contribution is 6.07. The fourth-order valence-corrected chi connectivity index (χ4v) is 3.95. The summed E-state index contributed by atoms with van der Waals surface area (Å²) in [6, 6.07) is 13.9. The first kappa shape index (κ1) is 17.0. The summed E-state index contributed by atoms with van der Waals surface area (Å²) in [7, 11) is 0. The highest BCUT2D eigenvalue weighted by Gasteiger charge is 2.26. The molecule has 2 aliphatic rings. The maximum atomic E-state index is 13.0. The van der Waals surface area contributed by atoms with Crippen molar-refractivity contribution < 1.29 is 9.59 Å². The van der Waals surface area contributed by atoms with E-state index in [0.29, 0.717) is 19.6 Å². The van der Waals surface area contributed by atoms with Crippen LogP contribution in [0.4, 0.5) is 0 Å². The Bertz CT molecular complexity index is 801. The molecule has 0 aromatic heterocycles. The average molecular weight is 351 g/mol. The third kappa shape index (κ3) is 3.44. The van der Waals surface area contributed by atoms with Crippen LogP contribution in [0, 0.1) is 0 Å². The first-order chi connectivity index (χ1) is 12.7. The summed E-state index contributed by atoms with van der Waals surface area (Å²) < 4.78 is 0. The Labute approximate surface area is 154 Å². The smallest absolute Gasteiger partial charge is 0.254 e. The summed E-state index contributed by atoms with van der Waals surface area (Å²) in [5, 5.41) is 2.10. The van der Waals surface area contributed by atoms with Crippen LogP contribution in [-0.4, -0.2) is 72.3 Å². The van der Waals surface area contributed by atoms with Crippen molar-refractivity contribution in [2.45, 2.75) is 12.8 Å². The van der Waals surface area contributed by atoms with E-state index >= 15 is 0 Å². The van der Waals surface area contributed by atoms with E-state index in [0.717, 1.165) is 55.4 Å². The Kier molecular flexibility index (Phi) is 4.89. The first-order valence-corrected chi connectivity index (χ1v) is 9.49. The molecule has 0 aliphatic carbocycles. The number of benzene rings is 2. The fraction of sp³-hybridized carbons (Fsp3) is 0.429. The lowest BCUT2D eigenvalue weighted by atomic mass is 10.0. The maximum absolute atomic E-state index is 13.0. The van der Waals surface area contributed by atoms with Gasteiger partial charge in [0.25, 0.3) is 5.91 Å². The Morgan fingerprint density at radius 2 is 1.46 bits per heavy atom. The number of amides is 2. The SMILES string of the molecule is O=C(CN1CCN(C(=O)c2cccc3ccccc23)CC1)N1CCCC1. The second-order valence-corrected chi connectivity index (χ2v) is 7.18. The third-order valence-corrected chi connectivity index (χ3v) is 5.50. The number of carbonyl (C=O) groups is 2. The van der Waals surface area contributed by atoms with Crippen molar-refractivity contribution in [3.8, 4) is 0 Å². The van der Waals surface area contributed by atoms with Crippen molar-refractivity contribution >= 4 is 22.6 Å². The molecule has 2 aromatic rings. The lowest BCUT2D eigenvalue weighted by Gasteiger charge is -2.35. The topological polar surface area (TPSA) is 43.9 Å². The summed E-state index contributed by atoms with van der Waals surface area (Å²) in [5.74, 6) is 0.323. The van der Waals surface area contributed by atoms with Crippen LogP contribution in [-0.2, 0) is 4.79 Å². The van der Waals surface area contributed by atoms with Gasteiger partial charge in [-0.1, -0.05) is 36.4 Å². The number of fused-ring (bicyclic) bond motifs is 1. The van der Waals surface area contributed by atoms with E-state index in [1.54, 1.807) is 0 Å². The van der Waals surface area contributed by atoms with E-state index in [4.69, 9.17) is 0 Å². The second-order valence-electron chi connectivity index (χ2n) is 7.18. The molecule has 136 valence electrons. The van der Waals surface area contributed by atoms with Crippen LogP contribution < -0.4 is 0 Å². The molecular formula is C21H25N3O2. The Morgan fingerprint density at radius 1 is 0.769 bits per heavy atom. The molecule has 2 aliphatic heterocycles. The van der Waals surface area contributed by atoms with Gasteiger partial charge in [0, 0.05) is 44.8 Å². The zero-order valence-corrected chi connectivity index (χ0v) is 15.1. The van der Waals surface area contributed by atoms with Crippen molar-refractivity contribution in [3.05, 3.63) is 48.0 Å². The summed E-state index contributed by atoms with van der Waals surface area (Å²) in [5.41, 5.74) is 0.768. The molecule has 2 heterocycles. The van der Waals surface area contributed by atoms with Crippen molar-refractivity contribution in [2.75, 3.05) is 45.8 Å². The summed E-state index contributed by atoms with van der Waals surface area (Å²) in [6.45, 7) is 5.16. The molecule has 2 fully saturated rings. The molecule has 2 amide bonds. The molecule has 5 nitrogen and oxygen atoms in total. The molecule has 5 heteroatoms. The van der Waals surface area contributed by atoms with Crippen LogP contribution >= 0.6 is 0 Å². The molecule has 0 unspecified atom stereocenters. The van der Waals surface area contributed by atoms with Gasteiger partial charge in [-0.05, 0) is 29.7 Å². The highest BCUT2D eigenvalue weighted by Crippen LogP contribution is 2.20. The molecule has 26 heavy (non-hydrogen) atoms. The van der Waals surface area contributed by atoms with Crippen molar-refractivity contribution in [2.24, 2.45) is 0 Å². The first-order valence-electron chi connectivity index (χ1n) is 9.49. The third-order valence-electron chi connectivity index (χ3n) is 5.50. The lowest BCUT2D eigenvalue weighted by Crippen LogP contribution is -2.51. The number of rotatable bonds is 3. The van der Waals surface area contributed by atoms with Gasteiger partial charge in [0.1, 0.15) is 0 Å². The van der Waals surface area contributed by atoms with Gasteiger partial charge in [-0.15, -0.1) is 0 Å². The maximum Gasteiger partial charge on any atom is 0.254 e. The molecule has 2 saturated heterocycles. The molecule has 0 atom stereocenters. The number of carbonyl (C=O) groups excluding carboxylic acids is 2. The van der Waals surface area contributed by atoms with E-state index < -0.39 is 0 Å². The van der Waals surface area contributed by atoms with Gasteiger partial charge in [-0.3, -0.25) is 14.5 Å². The Hall–Kier alpha value is -2.40. The zero-order valence-electron chi connectivity index (χ0n) is 15.1. The lowest BCUT2D eigenvalue weighted by molar-refractivity contribution is -0.131. The van der Waals surface area contributed by atoms with E-state index in [1.807, 2.05) is 52.3 Å². The van der Waals surface area contributed by atoms with Gasteiger partial charge in [0.05, 0.1) is 6.54 Å². The van der Waals surface area contributed by atoms with Gasteiger partial charge >= 0.3 is 0 Å². The second kappa shape index (κ2) is 7.46. The molecular weight excluding hydrogens is 326 g/mol. The van der Waals surface area contributed by atoms with Gasteiger partial charge in [-0.2, -0.15) is 0 Å². The summed E-state index contributed by atoms with van der Waals surface area (Å²) in [4.78, 5) is 31.3. The molecule has 0 bridgehead atoms. The van der Waals surface area contributed by atoms with Gasteiger partial charge in [-0.25, -0.2) is 0 Å². The number of piperazine rings is 1. The number of hydrogen-bond donors (Lipinski definition) is 0. The van der Waals surface area contributed by atoms with Gasteiger partial charge in [0.2, 0.25) is 5.91 Å². The number of likely N-dealkylation sites (tertiary alicyclic amines) is 1. The fourth-order valence-electron chi connectivity index (χ4n) is 3.95. The zero-order chi connectivity index (χ0) is 17.9. The number of hydrogen-bond acceptors (Lipinski definition) is 3. The van der Waals surface area contributed by atoms with Gasteiger partial charge in [0.15, 0.2) is 0 Å². The predicted octanol–water partition coefficient (Wildman–Crippen LogP) is 2.22. The van der Waals surface area contributed by atoms with Crippen LogP contribution in [0.25, 0.3) is 10.8 Å².